The second-order valence-electron chi connectivity index (χ2n) is 33.1. The van der Waals surface area contributed by atoms with Crippen LogP contribution in [0.15, 0.2) is 147 Å². The molecule has 0 radical (unpaired) electrons. The summed E-state index contributed by atoms with van der Waals surface area (Å²) in [5.74, 6) is -17.1. The topological polar surface area (TPSA) is 572 Å². The number of aliphatic hydroxyl groups is 5. The highest BCUT2D eigenvalue weighted by molar-refractivity contribution is 8.02. The molecule has 6 aromatic carbocycles. The molecule has 0 aliphatic carbocycles. The molecule has 0 spiro atoms. The molecule has 0 aromatic heterocycles. The number of nitrogens with two attached hydrogens (primary N) is 1. The van der Waals surface area contributed by atoms with E-state index in [1.807, 2.05) is 0 Å². The molecule has 9 amide bonds. The van der Waals surface area contributed by atoms with Gasteiger partial charge in [-0.2, -0.15) is 8.42 Å². The third kappa shape index (κ3) is 27.1. The van der Waals surface area contributed by atoms with Crippen molar-refractivity contribution in [3.05, 3.63) is 197 Å². The summed E-state index contributed by atoms with van der Waals surface area (Å²) < 4.78 is 90.1. The number of fused-ring (bicyclic) bond motifs is 15. The van der Waals surface area contributed by atoms with E-state index < -0.39 is 289 Å². The van der Waals surface area contributed by atoms with Crippen LogP contribution in [0.25, 0.3) is 11.1 Å². The highest BCUT2D eigenvalue weighted by atomic mass is 35.5. The maximum Gasteiger partial charge on any atom is 0.410 e. The van der Waals surface area contributed by atoms with E-state index in [4.69, 9.17) is 75.8 Å². The number of aliphatic hydroxyl groups excluding tert-OH is 5. The maximum atomic E-state index is 16.5. The fourth-order valence-electron chi connectivity index (χ4n) is 15.8. The van der Waals surface area contributed by atoms with E-state index in [2.05, 4.69) is 88.3 Å². The number of phenolic OH excluding ortho intramolecular Hbond substituents is 3. The second-order valence-corrected chi connectivity index (χ2v) is 38.2. The lowest BCUT2D eigenvalue weighted by Crippen LogP contribution is -2.66. The normalized spacial score (nSPS) is 24.5. The van der Waals surface area contributed by atoms with Crippen LogP contribution in [0.3, 0.4) is 0 Å². The Balaban J connectivity index is 0.00000223. The first-order chi connectivity index (χ1) is 64.9. The number of ether oxygens (including phenoxy) is 9. The van der Waals surface area contributed by atoms with Crippen molar-refractivity contribution in [1.29, 1.82) is 0 Å². The minimum absolute atomic E-state index is 0.114. The predicted octanol–water partition coefficient (Wildman–Crippen LogP) is 7.99. The summed E-state index contributed by atoms with van der Waals surface area (Å²) in [7, 11) is 2.97. The van der Waals surface area contributed by atoms with Crippen LogP contribution in [-0.4, -0.2) is 238 Å². The molecule has 7 heterocycles. The van der Waals surface area contributed by atoms with Crippen molar-refractivity contribution in [3.8, 4) is 57.1 Å². The van der Waals surface area contributed by atoms with Gasteiger partial charge in [-0.1, -0.05) is 111 Å². The van der Waals surface area contributed by atoms with Gasteiger partial charge in [0.25, 0.3) is 10.1 Å². The van der Waals surface area contributed by atoms with Gasteiger partial charge in [0.1, 0.15) is 121 Å². The fourth-order valence-corrected chi connectivity index (χ4v) is 18.9. The number of amides is 9. The summed E-state index contributed by atoms with van der Waals surface area (Å²) in [6.45, 7) is 25.4. The number of benzene rings is 6. The molecule has 7 aliphatic rings. The van der Waals surface area contributed by atoms with Crippen molar-refractivity contribution < 1.29 is 144 Å². The first-order valence-electron chi connectivity index (χ1n) is 43.0. The Labute approximate surface area is 806 Å². The third-order valence-electron chi connectivity index (χ3n) is 22.3. The molecule has 13 unspecified atom stereocenters. The molecule has 39 nitrogen and oxygen atoms in total. The zero-order chi connectivity index (χ0) is 101. The van der Waals surface area contributed by atoms with Crippen molar-refractivity contribution in [2.75, 3.05) is 45.8 Å². The number of hydrogen-bond donors (Lipinski definition) is 16. The molecule has 6 aromatic rings. The standard InChI is InChI=1S/C86H97Cl2N9O30S.C4H13P3.C2H4/c1-12-21-118-82(113)65-48-32-46(98)33-54(100)62(48)47-27-42(15-18-53(47)99)63-78(109)95-67(81(112)93-65)69(103)44-17-20-56(50(88)29-44)124-58-31-45-30-57(72(58)127-83-73(126-61-35-86(10,75(106)41(9)122-61)96-84(114)119-22-13-2)71(105)70(104)59(125-83)36-121-128(116,117)74-39(7)25-38(6)26-40(74)8)123-55-19-16-43(28-49(55)87)68(102)66(94-77(108)52(24-37(4)5)97(11)85(115)120-23-14-3)80(111)90-51(34-60(89)101)76(107)91-64(45)79(110)92-63;5-3-1-2-4-7-6;1-2/h12-20,25-33,37,41,51-52,59,61,63-71,73,75,83,98-100,102-106H,1-3,21-24,34-36H2,4-11H3,(H2,89,101)(H,90,111)(H,91,107)(H,92,110)(H,93,112)(H,94,108)(H,95,109)(H,96,114);7H,1-6H2;1-2H2/t41?,51-,52+,59?,61?,63?,64+,65+,66+,67-,68+,69+,70?,71?,73?,75?,83?,86?;;/m0../s1. The number of nitrogens with one attached hydrogen (secondary N) is 7. The van der Waals surface area contributed by atoms with Gasteiger partial charge < -0.3 is 126 Å². The molecule has 11 bridgehead atoms. The summed E-state index contributed by atoms with van der Waals surface area (Å²) in [5.41, 5.74) is 2.22. The summed E-state index contributed by atoms with van der Waals surface area (Å²) in [5, 5.41) is 113. The lowest BCUT2D eigenvalue weighted by Gasteiger charge is -2.48. The van der Waals surface area contributed by atoms with E-state index in [1.165, 1.54) is 72.1 Å². The van der Waals surface area contributed by atoms with Gasteiger partial charge in [0, 0.05) is 36.2 Å². The zero-order valence-electron chi connectivity index (χ0n) is 76.0. The molecule has 17 N–H and O–H groups in total. The van der Waals surface area contributed by atoms with E-state index in [9.17, 15) is 73.2 Å². The molecule has 2 saturated heterocycles. The third-order valence-corrected chi connectivity index (χ3v) is 26.4. The van der Waals surface area contributed by atoms with E-state index in [-0.39, 0.29) is 52.7 Å². The fraction of sp³-hybridized carbons (Fsp3) is 0.413. The quantitative estimate of drug-likeness (QED) is 0.00580. The number of unbranched alkanes of at least 4 members (excludes halogenated alkanes) is 1. The number of primary amides is 1. The number of aryl methyl sites for hydroxylation is 3. The largest absolute Gasteiger partial charge is 0.508 e. The highest BCUT2D eigenvalue weighted by Crippen LogP contribution is 2.51. The number of nitrogens with zero attached hydrogens (tertiary/aromatic N) is 1. The van der Waals surface area contributed by atoms with Crippen molar-refractivity contribution in [2.24, 2.45) is 11.7 Å². The molecule has 45 heteroatoms. The number of alkyl carbamates (subject to hydrolysis) is 1. The molecule has 137 heavy (non-hydrogen) atoms. The van der Waals surface area contributed by atoms with Crippen LogP contribution in [0, 0.1) is 26.7 Å². The van der Waals surface area contributed by atoms with Gasteiger partial charge in [0.05, 0.1) is 39.6 Å². The first-order valence-corrected chi connectivity index (χ1v) is 49.0. The molecular weight excluding hydrogens is 1910 g/mol. The minimum Gasteiger partial charge on any atom is -0.508 e. The minimum atomic E-state index is -4.83. The SMILES string of the molecule is C=C.C=CCOC(=O)NC1(C)CC(OC2C(Oc3c4cc5cc3Oc3ccc(cc3Cl)[C@@H](O)[C@@H](NC(=O)[C@@H](CC(C)C)N(C)C(=O)OCC=C)C(=O)N[C@@H](CC(N)=O)C(=O)N[C@H]5C(=O)NC3C(=O)N[C@H](C(=O)N[C@@H](C(=O)OCC=C)c5cc(O)cc(O)c5-c5cc3ccc5O)[C@H](O)c3ccc(c(Cl)c3)O4)OC(COS(=O)(=O)c3c(C)cc(C)cc3C)C(O)C2O)OC(C)C1O.PCCCCPP. The number of halogens is 2. The Morgan fingerprint density at radius 1 is 0.701 bits per heavy atom. The van der Waals surface area contributed by atoms with E-state index >= 15 is 24.0 Å². The van der Waals surface area contributed by atoms with Crippen LogP contribution >= 0.6 is 49.6 Å². The average molecular weight is 2020 g/mol. The molecule has 0 saturated carbocycles. The molecule has 7 aliphatic heterocycles. The number of likely N-dealkylation sites (N-methyl/N-ethyl adjacent to an activating group) is 1. The van der Waals surface area contributed by atoms with Crippen LogP contribution in [0.4, 0.5) is 9.59 Å². The van der Waals surface area contributed by atoms with Gasteiger partial charge in [-0.05, 0) is 160 Å². The number of esters is 1. The van der Waals surface area contributed by atoms with Crippen molar-refractivity contribution in [2.45, 2.75) is 195 Å². The van der Waals surface area contributed by atoms with Crippen molar-refractivity contribution >= 4 is 119 Å². The Morgan fingerprint density at radius 3 is 1.88 bits per heavy atom. The molecular formula is C92H114Cl2N9O30P3S. The Morgan fingerprint density at radius 2 is 1.28 bits per heavy atom. The van der Waals surface area contributed by atoms with Gasteiger partial charge in [-0.25, -0.2) is 14.4 Å². The first kappa shape index (κ1) is 109. The van der Waals surface area contributed by atoms with Crippen molar-refractivity contribution in [1.82, 2.24) is 42.1 Å². The monoisotopic (exact) mass is 2020 g/mol. The van der Waals surface area contributed by atoms with Crippen LogP contribution in [0.2, 0.25) is 10.0 Å². The van der Waals surface area contributed by atoms with E-state index in [0.29, 0.717) is 5.56 Å². The van der Waals surface area contributed by atoms with Gasteiger partial charge in [-0.15, -0.1) is 39.6 Å². The smallest absolute Gasteiger partial charge is 0.410 e. The van der Waals surface area contributed by atoms with Crippen LogP contribution in [0.1, 0.15) is 135 Å². The number of aromatic hydroxyl groups is 3. The number of carbonyl (C=O) groups excluding carboxylic acids is 10. The Hall–Kier alpha value is -11.2. The van der Waals surface area contributed by atoms with Crippen LogP contribution in [0.5, 0.6) is 46.0 Å². The predicted molar refractivity (Wildman–Crippen MR) is 508 cm³/mol. The number of carbonyl (C=O) groups is 10. The van der Waals surface area contributed by atoms with E-state index in [0.717, 1.165) is 98.1 Å². The molecule has 742 valence electrons. The average Bonchev–Trinajstić information content (AvgIpc) is 0.781. The second kappa shape index (κ2) is 48.9. The molecule has 13 rings (SSSR count). The summed E-state index contributed by atoms with van der Waals surface area (Å²) in [4.78, 5) is 149. The number of hydrogen-bond acceptors (Lipinski definition) is 30. The van der Waals surface area contributed by atoms with Crippen molar-refractivity contribution in [3.63, 3.8) is 0 Å². The molecule has 2 fully saturated rings. The van der Waals surface area contributed by atoms with Crippen LogP contribution in [-0.2, 0) is 81.1 Å². The maximum absolute atomic E-state index is 16.5. The highest BCUT2D eigenvalue weighted by Gasteiger charge is 2.54. The number of phenols is 3. The lowest BCUT2D eigenvalue weighted by atomic mass is 9.85. The number of rotatable bonds is 27. The van der Waals surface area contributed by atoms with Gasteiger partial charge in [-0.3, -0.25) is 42.6 Å². The van der Waals surface area contributed by atoms with Gasteiger partial charge in [0.15, 0.2) is 29.9 Å². The summed E-state index contributed by atoms with van der Waals surface area (Å²) in [6.07, 6.45) is -14.8. The van der Waals surface area contributed by atoms with Crippen LogP contribution < -0.4 is 57.2 Å². The van der Waals surface area contributed by atoms with E-state index in [1.54, 1.807) is 32.9 Å². The lowest BCUT2D eigenvalue weighted by molar-refractivity contribution is -0.333. The van der Waals surface area contributed by atoms with Gasteiger partial charge >= 0.3 is 18.2 Å². The summed E-state index contributed by atoms with van der Waals surface area (Å²) >= 11 is 14.5. The van der Waals surface area contributed by atoms with Gasteiger partial charge in [0.2, 0.25) is 53.4 Å². The summed E-state index contributed by atoms with van der Waals surface area (Å²) in [6, 6.07) is 0.987. The zero-order valence-corrected chi connectivity index (χ0v) is 81.6. The Kier molecular flexibility index (Phi) is 39.1. The Bertz CT molecular complexity index is 5590. The molecule has 21 atom stereocenters.